The van der Waals surface area contributed by atoms with Crippen molar-refractivity contribution in [2.75, 3.05) is 7.11 Å². The Hall–Kier alpha value is -2.33. The van der Waals surface area contributed by atoms with E-state index in [1.54, 1.807) is 0 Å². The summed E-state index contributed by atoms with van der Waals surface area (Å²) in [5, 5.41) is 0. The minimum Gasteiger partial charge on any atom is -0.480 e. The molecule has 1 saturated carbocycles. The lowest BCUT2D eigenvalue weighted by Gasteiger charge is -2.29. The Kier molecular flexibility index (Phi) is 5.85. The SMILES string of the molecule is COc1cncc(OC2CCC(NS(=O)(=O)c3ccc(F)cc3F)CC2)n1. The Labute approximate surface area is 155 Å². The fourth-order valence-electron chi connectivity index (χ4n) is 2.93. The van der Waals surface area contributed by atoms with E-state index in [2.05, 4.69) is 14.7 Å². The fraction of sp³-hybridized carbons (Fsp3) is 0.412. The minimum atomic E-state index is -4.06. The van der Waals surface area contributed by atoms with Gasteiger partial charge in [-0.05, 0) is 37.8 Å². The van der Waals surface area contributed by atoms with Gasteiger partial charge in [0, 0.05) is 12.1 Å². The molecule has 7 nitrogen and oxygen atoms in total. The van der Waals surface area contributed by atoms with Gasteiger partial charge in [0.2, 0.25) is 21.8 Å². The van der Waals surface area contributed by atoms with Crippen LogP contribution < -0.4 is 14.2 Å². The Bertz CT molecular complexity index is 903. The van der Waals surface area contributed by atoms with Crippen molar-refractivity contribution in [3.63, 3.8) is 0 Å². The van der Waals surface area contributed by atoms with Gasteiger partial charge in [-0.15, -0.1) is 0 Å². The molecule has 0 radical (unpaired) electrons. The third-order valence-corrected chi connectivity index (χ3v) is 5.82. The summed E-state index contributed by atoms with van der Waals surface area (Å²) in [6.45, 7) is 0. The molecule has 0 atom stereocenters. The molecule has 1 aromatic carbocycles. The highest BCUT2D eigenvalue weighted by molar-refractivity contribution is 7.89. The van der Waals surface area contributed by atoms with E-state index in [1.165, 1.54) is 19.5 Å². The Balaban J connectivity index is 1.57. The topological polar surface area (TPSA) is 90.4 Å². The molecule has 1 aromatic heterocycles. The predicted octanol–water partition coefficient (Wildman–Crippen LogP) is 2.43. The van der Waals surface area contributed by atoms with Crippen molar-refractivity contribution in [1.82, 2.24) is 14.7 Å². The van der Waals surface area contributed by atoms with Crippen molar-refractivity contribution in [1.29, 1.82) is 0 Å². The smallest absolute Gasteiger partial charge is 0.243 e. The lowest BCUT2D eigenvalue weighted by atomic mass is 9.94. The summed E-state index contributed by atoms with van der Waals surface area (Å²) in [4.78, 5) is 7.53. The van der Waals surface area contributed by atoms with Gasteiger partial charge in [-0.25, -0.2) is 21.9 Å². The number of ether oxygens (including phenoxy) is 2. The number of methoxy groups -OCH3 is 1. The fourth-order valence-corrected chi connectivity index (χ4v) is 4.30. The normalized spacial score (nSPS) is 20.3. The first-order valence-electron chi connectivity index (χ1n) is 8.37. The van der Waals surface area contributed by atoms with Crippen LogP contribution in [0.2, 0.25) is 0 Å². The van der Waals surface area contributed by atoms with Crippen molar-refractivity contribution >= 4 is 10.0 Å². The van der Waals surface area contributed by atoms with Crippen LogP contribution in [0, 0.1) is 11.6 Å². The molecule has 0 unspecified atom stereocenters. The summed E-state index contributed by atoms with van der Waals surface area (Å²) in [7, 11) is -2.58. The van der Waals surface area contributed by atoms with E-state index in [4.69, 9.17) is 9.47 Å². The summed E-state index contributed by atoms with van der Waals surface area (Å²) in [5.74, 6) is -1.26. The molecule has 1 aliphatic rings. The van der Waals surface area contributed by atoms with Gasteiger partial charge < -0.3 is 9.47 Å². The van der Waals surface area contributed by atoms with E-state index < -0.39 is 26.6 Å². The molecule has 27 heavy (non-hydrogen) atoms. The van der Waals surface area contributed by atoms with E-state index >= 15 is 0 Å². The first kappa shape index (κ1) is 19.4. The highest BCUT2D eigenvalue weighted by Gasteiger charge is 2.28. The lowest BCUT2D eigenvalue weighted by molar-refractivity contribution is 0.136. The third kappa shape index (κ3) is 4.89. The number of rotatable bonds is 6. The van der Waals surface area contributed by atoms with Crippen LogP contribution in [-0.2, 0) is 10.0 Å². The minimum absolute atomic E-state index is 0.130. The van der Waals surface area contributed by atoms with Gasteiger partial charge in [-0.1, -0.05) is 0 Å². The van der Waals surface area contributed by atoms with Crippen LogP contribution in [0.3, 0.4) is 0 Å². The second kappa shape index (κ2) is 8.13. The van der Waals surface area contributed by atoms with Crippen LogP contribution in [0.25, 0.3) is 0 Å². The van der Waals surface area contributed by atoms with Crippen LogP contribution in [0.1, 0.15) is 25.7 Å². The lowest BCUT2D eigenvalue weighted by Crippen LogP contribution is -2.40. The van der Waals surface area contributed by atoms with E-state index in [0.717, 1.165) is 12.1 Å². The number of sulfonamides is 1. The number of aromatic nitrogens is 2. The molecule has 1 aliphatic carbocycles. The first-order chi connectivity index (χ1) is 12.9. The average molecular weight is 399 g/mol. The molecule has 10 heteroatoms. The van der Waals surface area contributed by atoms with Crippen molar-refractivity contribution in [3.05, 3.63) is 42.2 Å². The van der Waals surface area contributed by atoms with E-state index in [9.17, 15) is 17.2 Å². The molecule has 0 spiro atoms. The maximum absolute atomic E-state index is 13.8. The predicted molar refractivity (Wildman–Crippen MR) is 91.9 cm³/mol. The molecule has 1 heterocycles. The van der Waals surface area contributed by atoms with Gasteiger partial charge in [-0.2, -0.15) is 4.98 Å². The highest BCUT2D eigenvalue weighted by Crippen LogP contribution is 2.25. The molecule has 1 N–H and O–H groups in total. The summed E-state index contributed by atoms with van der Waals surface area (Å²) in [6.07, 6.45) is 5.04. The van der Waals surface area contributed by atoms with Crippen molar-refractivity contribution in [2.45, 2.75) is 42.7 Å². The number of hydrogen-bond acceptors (Lipinski definition) is 6. The molecular formula is C17H19F2N3O4S. The molecule has 2 aromatic rings. The number of nitrogens with zero attached hydrogens (tertiary/aromatic N) is 2. The molecule has 0 amide bonds. The Morgan fingerprint density at radius 1 is 1.11 bits per heavy atom. The Morgan fingerprint density at radius 2 is 1.81 bits per heavy atom. The summed E-state index contributed by atoms with van der Waals surface area (Å²) < 4.78 is 64.7. The summed E-state index contributed by atoms with van der Waals surface area (Å²) >= 11 is 0. The van der Waals surface area contributed by atoms with Crippen LogP contribution in [0.5, 0.6) is 11.8 Å². The zero-order valence-electron chi connectivity index (χ0n) is 14.6. The molecular weight excluding hydrogens is 380 g/mol. The number of nitrogens with one attached hydrogen (secondary N) is 1. The summed E-state index contributed by atoms with van der Waals surface area (Å²) in [5.41, 5.74) is 0. The maximum Gasteiger partial charge on any atom is 0.243 e. The van der Waals surface area contributed by atoms with E-state index in [0.29, 0.717) is 43.5 Å². The maximum atomic E-state index is 13.8. The van der Waals surface area contributed by atoms with Crippen molar-refractivity contribution in [3.8, 4) is 11.8 Å². The van der Waals surface area contributed by atoms with Gasteiger partial charge >= 0.3 is 0 Å². The zero-order valence-corrected chi connectivity index (χ0v) is 15.4. The quantitative estimate of drug-likeness (QED) is 0.802. The van der Waals surface area contributed by atoms with Crippen molar-refractivity contribution < 1.29 is 26.7 Å². The molecule has 1 fully saturated rings. The Morgan fingerprint density at radius 3 is 2.48 bits per heavy atom. The van der Waals surface area contributed by atoms with E-state index in [1.807, 2.05) is 0 Å². The number of benzene rings is 1. The van der Waals surface area contributed by atoms with Crippen LogP contribution in [-0.4, -0.2) is 37.6 Å². The van der Waals surface area contributed by atoms with Crippen LogP contribution >= 0.6 is 0 Å². The molecule has 3 rings (SSSR count). The third-order valence-electron chi connectivity index (χ3n) is 4.27. The first-order valence-corrected chi connectivity index (χ1v) is 9.86. The monoisotopic (exact) mass is 399 g/mol. The second-order valence-electron chi connectivity index (χ2n) is 6.19. The standard InChI is InChI=1S/C17H19F2N3O4S/c1-25-16-9-20-10-17(21-16)26-13-5-3-12(4-6-13)22-27(23,24)15-7-2-11(18)8-14(15)19/h2,7-10,12-13,22H,3-6H2,1H3. The van der Waals surface area contributed by atoms with Gasteiger partial charge in [0.05, 0.1) is 19.5 Å². The largest absolute Gasteiger partial charge is 0.480 e. The van der Waals surface area contributed by atoms with Gasteiger partial charge in [0.15, 0.2) is 0 Å². The van der Waals surface area contributed by atoms with E-state index in [-0.39, 0.29) is 12.1 Å². The number of halogens is 2. The zero-order chi connectivity index (χ0) is 19.4. The molecule has 146 valence electrons. The van der Waals surface area contributed by atoms with Gasteiger partial charge in [-0.3, -0.25) is 4.98 Å². The highest BCUT2D eigenvalue weighted by atomic mass is 32.2. The molecule has 0 aliphatic heterocycles. The average Bonchev–Trinajstić information content (AvgIpc) is 2.63. The summed E-state index contributed by atoms with van der Waals surface area (Å²) in [6, 6.07) is 2.03. The number of hydrogen-bond donors (Lipinski definition) is 1. The van der Waals surface area contributed by atoms with Crippen molar-refractivity contribution in [2.24, 2.45) is 0 Å². The second-order valence-corrected chi connectivity index (χ2v) is 7.87. The van der Waals surface area contributed by atoms with Gasteiger partial charge in [0.25, 0.3) is 0 Å². The van der Waals surface area contributed by atoms with Crippen LogP contribution in [0.15, 0.2) is 35.5 Å². The van der Waals surface area contributed by atoms with Crippen LogP contribution in [0.4, 0.5) is 8.78 Å². The van der Waals surface area contributed by atoms with Gasteiger partial charge in [0.1, 0.15) is 22.6 Å². The molecule has 0 saturated heterocycles. The molecule has 0 bridgehead atoms.